The second-order valence-corrected chi connectivity index (χ2v) is 4.19. The predicted octanol–water partition coefficient (Wildman–Crippen LogP) is 2.70. The molecule has 0 saturated heterocycles. The lowest BCUT2D eigenvalue weighted by atomic mass is 10.0. The largest absolute Gasteiger partial charge is 0.392 e. The molecule has 18 heavy (non-hydrogen) atoms. The Balaban J connectivity index is 2.52. The quantitative estimate of drug-likeness (QED) is 0.645. The van der Waals surface area contributed by atoms with Crippen molar-refractivity contribution in [3.05, 3.63) is 51.3 Å². The fourth-order valence-electron chi connectivity index (χ4n) is 2.17. The van der Waals surface area contributed by atoms with E-state index in [1.807, 2.05) is 13.8 Å². The molecule has 5 nitrogen and oxygen atoms in total. The molecule has 0 aliphatic rings. The van der Waals surface area contributed by atoms with Gasteiger partial charge >= 0.3 is 0 Å². The number of hydrogen-bond acceptors (Lipinski definition) is 3. The minimum Gasteiger partial charge on any atom is -0.392 e. The van der Waals surface area contributed by atoms with Crippen LogP contribution in [0.5, 0.6) is 0 Å². The summed E-state index contributed by atoms with van der Waals surface area (Å²) in [7, 11) is 0. The fourth-order valence-corrected chi connectivity index (χ4v) is 2.17. The van der Waals surface area contributed by atoms with Crippen molar-refractivity contribution in [1.82, 2.24) is 4.98 Å². The highest BCUT2D eigenvalue weighted by atomic mass is 16.6. The van der Waals surface area contributed by atoms with Gasteiger partial charge in [0.2, 0.25) is 0 Å². The molecule has 2 N–H and O–H groups in total. The molecule has 0 radical (unpaired) electrons. The number of hydrogen-bond donors (Lipinski definition) is 2. The first-order chi connectivity index (χ1) is 8.54. The molecule has 0 aliphatic carbocycles. The minimum atomic E-state index is -0.425. The highest BCUT2D eigenvalue weighted by Gasteiger charge is 2.14. The van der Waals surface area contributed by atoms with Crippen LogP contribution in [-0.4, -0.2) is 15.0 Å². The van der Waals surface area contributed by atoms with Gasteiger partial charge in [-0.1, -0.05) is 0 Å². The van der Waals surface area contributed by atoms with Crippen molar-refractivity contribution in [3.8, 4) is 11.1 Å². The average Bonchev–Trinajstić information content (AvgIpc) is 2.63. The van der Waals surface area contributed by atoms with Crippen molar-refractivity contribution in [2.75, 3.05) is 0 Å². The molecule has 1 aromatic heterocycles. The molecule has 2 aromatic rings. The molecule has 0 bridgehead atoms. The molecular formula is C13H14N2O3. The standard InChI is InChI=1S/C13H14N2O3/c1-8-12(7-16)13(9(2)14-8)10-3-5-11(6-4-10)15(17)18/h3-6,14,16H,7H2,1-2H3. The van der Waals surface area contributed by atoms with Crippen LogP contribution in [0.15, 0.2) is 24.3 Å². The first kappa shape index (κ1) is 12.3. The fraction of sp³-hybridized carbons (Fsp3) is 0.231. The molecule has 1 heterocycles. The maximum Gasteiger partial charge on any atom is 0.269 e. The van der Waals surface area contributed by atoms with Crippen LogP contribution in [0.1, 0.15) is 17.0 Å². The van der Waals surface area contributed by atoms with Gasteiger partial charge < -0.3 is 10.1 Å². The summed E-state index contributed by atoms with van der Waals surface area (Å²) in [4.78, 5) is 13.3. The summed E-state index contributed by atoms with van der Waals surface area (Å²) in [5.74, 6) is 0. The Kier molecular flexibility index (Phi) is 3.16. The number of nitro benzene ring substituents is 1. The lowest BCUT2D eigenvalue weighted by Crippen LogP contribution is -1.90. The van der Waals surface area contributed by atoms with E-state index < -0.39 is 4.92 Å². The Labute approximate surface area is 104 Å². The number of aromatic amines is 1. The Morgan fingerprint density at radius 2 is 1.83 bits per heavy atom. The Hall–Kier alpha value is -2.14. The summed E-state index contributed by atoms with van der Waals surface area (Å²) in [6.07, 6.45) is 0. The van der Waals surface area contributed by atoms with Crippen LogP contribution in [-0.2, 0) is 6.61 Å². The molecule has 1 aromatic carbocycles. The summed E-state index contributed by atoms with van der Waals surface area (Å²) in [6, 6.07) is 6.34. The van der Waals surface area contributed by atoms with Crippen molar-refractivity contribution in [1.29, 1.82) is 0 Å². The summed E-state index contributed by atoms with van der Waals surface area (Å²) < 4.78 is 0. The zero-order valence-corrected chi connectivity index (χ0v) is 10.2. The van der Waals surface area contributed by atoms with Gasteiger partial charge in [0.25, 0.3) is 5.69 Å². The van der Waals surface area contributed by atoms with Crippen LogP contribution < -0.4 is 0 Å². The van der Waals surface area contributed by atoms with E-state index in [0.717, 1.165) is 28.1 Å². The smallest absolute Gasteiger partial charge is 0.269 e. The summed E-state index contributed by atoms with van der Waals surface area (Å²) >= 11 is 0. The number of aryl methyl sites for hydroxylation is 2. The number of rotatable bonds is 3. The van der Waals surface area contributed by atoms with E-state index in [9.17, 15) is 15.2 Å². The normalized spacial score (nSPS) is 10.6. The second-order valence-electron chi connectivity index (χ2n) is 4.19. The number of benzene rings is 1. The molecule has 0 saturated carbocycles. The Morgan fingerprint density at radius 1 is 1.22 bits per heavy atom. The number of non-ortho nitro benzene ring substituents is 1. The third kappa shape index (κ3) is 2.00. The van der Waals surface area contributed by atoms with Gasteiger partial charge in [-0.15, -0.1) is 0 Å². The highest BCUT2D eigenvalue weighted by molar-refractivity contribution is 5.72. The van der Waals surface area contributed by atoms with Crippen molar-refractivity contribution >= 4 is 5.69 Å². The van der Waals surface area contributed by atoms with Crippen LogP contribution in [0.4, 0.5) is 5.69 Å². The zero-order chi connectivity index (χ0) is 13.3. The summed E-state index contributed by atoms with van der Waals surface area (Å²) in [5, 5.41) is 20.0. The molecule has 0 unspecified atom stereocenters. The molecule has 0 amide bonds. The van der Waals surface area contributed by atoms with Gasteiger partial charge in [0, 0.05) is 34.6 Å². The summed E-state index contributed by atoms with van der Waals surface area (Å²) in [6.45, 7) is 3.76. The molecule has 0 aliphatic heterocycles. The van der Waals surface area contributed by atoms with Gasteiger partial charge in [0.1, 0.15) is 0 Å². The predicted molar refractivity (Wildman–Crippen MR) is 68.3 cm³/mol. The van der Waals surface area contributed by atoms with Gasteiger partial charge in [0.05, 0.1) is 11.5 Å². The molecule has 0 spiro atoms. The summed E-state index contributed by atoms with van der Waals surface area (Å²) in [5.41, 5.74) is 4.56. The van der Waals surface area contributed by atoms with Gasteiger partial charge in [-0.05, 0) is 31.5 Å². The van der Waals surface area contributed by atoms with Crippen molar-refractivity contribution in [2.45, 2.75) is 20.5 Å². The van der Waals surface area contributed by atoms with Crippen LogP contribution in [0, 0.1) is 24.0 Å². The number of aliphatic hydroxyl groups is 1. The SMILES string of the molecule is Cc1[nH]c(C)c(-c2ccc([N+](=O)[O-])cc2)c1CO. The maximum atomic E-state index is 10.6. The van der Waals surface area contributed by atoms with Crippen molar-refractivity contribution in [3.63, 3.8) is 0 Å². The van der Waals surface area contributed by atoms with E-state index >= 15 is 0 Å². The van der Waals surface area contributed by atoms with Gasteiger partial charge in [-0.25, -0.2) is 0 Å². The zero-order valence-electron chi connectivity index (χ0n) is 10.2. The van der Waals surface area contributed by atoms with Gasteiger partial charge in [0.15, 0.2) is 0 Å². The van der Waals surface area contributed by atoms with Crippen molar-refractivity contribution in [2.24, 2.45) is 0 Å². The van der Waals surface area contributed by atoms with Crippen molar-refractivity contribution < 1.29 is 10.0 Å². The number of nitrogens with one attached hydrogen (secondary N) is 1. The lowest BCUT2D eigenvalue weighted by Gasteiger charge is -2.04. The van der Waals surface area contributed by atoms with E-state index in [2.05, 4.69) is 4.98 Å². The number of nitro groups is 1. The second kappa shape index (κ2) is 4.62. The Bertz CT molecular complexity index is 585. The lowest BCUT2D eigenvalue weighted by molar-refractivity contribution is -0.384. The number of nitrogens with zero attached hydrogens (tertiary/aromatic N) is 1. The molecule has 0 fully saturated rings. The van der Waals surface area contributed by atoms with Crippen LogP contribution >= 0.6 is 0 Å². The third-order valence-electron chi connectivity index (χ3n) is 3.03. The molecule has 2 rings (SSSR count). The first-order valence-corrected chi connectivity index (χ1v) is 5.58. The number of aliphatic hydroxyl groups excluding tert-OH is 1. The van der Waals surface area contributed by atoms with Crippen LogP contribution in [0.2, 0.25) is 0 Å². The van der Waals surface area contributed by atoms with E-state index in [0.29, 0.717) is 0 Å². The highest BCUT2D eigenvalue weighted by Crippen LogP contribution is 2.30. The van der Waals surface area contributed by atoms with Crippen LogP contribution in [0.25, 0.3) is 11.1 Å². The Morgan fingerprint density at radius 3 is 2.33 bits per heavy atom. The van der Waals surface area contributed by atoms with Gasteiger partial charge in [-0.2, -0.15) is 0 Å². The molecular weight excluding hydrogens is 232 g/mol. The topological polar surface area (TPSA) is 79.2 Å². The van der Waals surface area contributed by atoms with E-state index in [1.165, 1.54) is 12.1 Å². The first-order valence-electron chi connectivity index (χ1n) is 5.58. The maximum absolute atomic E-state index is 10.6. The van der Waals surface area contributed by atoms with Gasteiger partial charge in [-0.3, -0.25) is 10.1 Å². The van der Waals surface area contributed by atoms with E-state index in [4.69, 9.17) is 0 Å². The number of H-pyrrole nitrogens is 1. The van der Waals surface area contributed by atoms with E-state index in [1.54, 1.807) is 12.1 Å². The molecule has 5 heteroatoms. The number of aromatic nitrogens is 1. The average molecular weight is 246 g/mol. The molecule has 0 atom stereocenters. The minimum absolute atomic E-state index is 0.0531. The molecule has 94 valence electrons. The van der Waals surface area contributed by atoms with Crippen LogP contribution in [0.3, 0.4) is 0 Å². The third-order valence-corrected chi connectivity index (χ3v) is 3.03. The monoisotopic (exact) mass is 246 g/mol. The van der Waals surface area contributed by atoms with E-state index in [-0.39, 0.29) is 12.3 Å².